The molecule has 6 nitrogen and oxygen atoms in total. The minimum atomic E-state index is -3.57. The molecule has 0 N–H and O–H groups in total. The van der Waals surface area contributed by atoms with Crippen molar-refractivity contribution >= 4 is 50.0 Å². The maximum Gasteiger partial charge on any atom is 0.295 e. The number of aliphatic imine (C=N–C) groups is 1. The van der Waals surface area contributed by atoms with Gasteiger partial charge in [-0.2, -0.15) is 0 Å². The van der Waals surface area contributed by atoms with Gasteiger partial charge in [0.1, 0.15) is 11.5 Å². The van der Waals surface area contributed by atoms with Gasteiger partial charge in [0.25, 0.3) is 5.91 Å². The van der Waals surface area contributed by atoms with Gasteiger partial charge in [0.05, 0.1) is 10.6 Å². The van der Waals surface area contributed by atoms with E-state index in [2.05, 4.69) is 4.99 Å². The number of furan rings is 1. The molecule has 1 amide bonds. The number of nitrogens with zero attached hydrogens (tertiary/aromatic N) is 2. The third-order valence-corrected chi connectivity index (χ3v) is 8.05. The van der Waals surface area contributed by atoms with Crippen molar-refractivity contribution < 1.29 is 17.6 Å². The highest BCUT2D eigenvalue weighted by Gasteiger charge is 2.28. The lowest BCUT2D eigenvalue weighted by Crippen LogP contribution is -2.39. The zero-order valence-corrected chi connectivity index (χ0v) is 19.7. The lowest BCUT2D eigenvalue weighted by Gasteiger charge is -2.27. The van der Waals surface area contributed by atoms with Gasteiger partial charge in [-0.25, -0.2) is 13.4 Å². The summed E-state index contributed by atoms with van der Waals surface area (Å²) in [5.41, 5.74) is 1.62. The zero-order chi connectivity index (χ0) is 22.7. The Morgan fingerprint density at radius 2 is 1.94 bits per heavy atom. The molecule has 1 fully saturated rings. The molecule has 166 valence electrons. The van der Waals surface area contributed by atoms with E-state index in [9.17, 15) is 13.2 Å². The van der Waals surface area contributed by atoms with Gasteiger partial charge in [0, 0.05) is 17.3 Å². The molecule has 0 aliphatic carbocycles. The maximum absolute atomic E-state index is 13.1. The van der Waals surface area contributed by atoms with Crippen molar-refractivity contribution in [2.45, 2.75) is 24.0 Å². The zero-order valence-electron chi connectivity index (χ0n) is 17.3. The van der Waals surface area contributed by atoms with E-state index in [0.29, 0.717) is 22.4 Å². The number of carbonyl (C=O) groups is 1. The average Bonchev–Trinajstić information content (AvgIpc) is 3.24. The van der Waals surface area contributed by atoms with Crippen molar-refractivity contribution in [1.29, 1.82) is 0 Å². The first-order valence-electron chi connectivity index (χ1n) is 9.99. The molecule has 0 bridgehead atoms. The van der Waals surface area contributed by atoms with Crippen LogP contribution in [0.15, 0.2) is 75.0 Å². The Morgan fingerprint density at radius 1 is 1.16 bits per heavy atom. The predicted molar refractivity (Wildman–Crippen MR) is 127 cm³/mol. The summed E-state index contributed by atoms with van der Waals surface area (Å²) >= 11 is 7.69. The molecule has 1 aliphatic rings. The SMILES string of the molecule is Cc1ccc(N=C2SCCCN2C(=O)c2ccc(CS(=O)(=O)c3ccccc3)o2)cc1Cl. The fourth-order valence-electron chi connectivity index (χ4n) is 3.20. The highest BCUT2D eigenvalue weighted by molar-refractivity contribution is 8.13. The van der Waals surface area contributed by atoms with Crippen LogP contribution in [0.1, 0.15) is 28.3 Å². The lowest BCUT2D eigenvalue weighted by molar-refractivity contribution is 0.0817. The standard InChI is InChI=1S/C23H21ClN2O4S2/c1-16-8-9-17(14-20(16)24)25-23-26(12-5-13-31-23)22(27)21-11-10-18(30-21)15-32(28,29)19-6-3-2-4-7-19/h2-4,6-11,14H,5,12-13,15H2,1H3. The Morgan fingerprint density at radius 3 is 2.69 bits per heavy atom. The van der Waals surface area contributed by atoms with Crippen LogP contribution in [0.3, 0.4) is 0 Å². The quantitative estimate of drug-likeness (QED) is 0.475. The van der Waals surface area contributed by atoms with Gasteiger partial charge in [0.15, 0.2) is 20.8 Å². The van der Waals surface area contributed by atoms with E-state index in [1.165, 1.54) is 36.0 Å². The van der Waals surface area contributed by atoms with E-state index in [4.69, 9.17) is 16.0 Å². The number of benzene rings is 2. The van der Waals surface area contributed by atoms with Crippen LogP contribution >= 0.6 is 23.4 Å². The van der Waals surface area contributed by atoms with Crippen LogP contribution < -0.4 is 0 Å². The van der Waals surface area contributed by atoms with Gasteiger partial charge < -0.3 is 4.42 Å². The summed E-state index contributed by atoms with van der Waals surface area (Å²) in [6, 6.07) is 16.7. The number of amidine groups is 1. The summed E-state index contributed by atoms with van der Waals surface area (Å²) in [5.74, 6) is 0.478. The van der Waals surface area contributed by atoms with Crippen molar-refractivity contribution in [1.82, 2.24) is 4.90 Å². The molecule has 3 aromatic rings. The van der Waals surface area contributed by atoms with E-state index in [-0.39, 0.29) is 28.1 Å². The number of hydrogen-bond acceptors (Lipinski definition) is 6. The molecule has 0 spiro atoms. The van der Waals surface area contributed by atoms with Gasteiger partial charge in [-0.3, -0.25) is 9.69 Å². The van der Waals surface area contributed by atoms with E-state index in [1.54, 1.807) is 29.2 Å². The van der Waals surface area contributed by atoms with Crippen LogP contribution in [0.2, 0.25) is 5.02 Å². The fraction of sp³-hybridized carbons (Fsp3) is 0.217. The smallest absolute Gasteiger partial charge is 0.295 e. The summed E-state index contributed by atoms with van der Waals surface area (Å²) in [4.78, 5) is 19.5. The monoisotopic (exact) mass is 488 g/mol. The number of aryl methyl sites for hydroxylation is 1. The molecule has 0 atom stereocenters. The number of amides is 1. The Labute approximate surface area is 196 Å². The van der Waals surface area contributed by atoms with Crippen LogP contribution in [0, 0.1) is 6.92 Å². The average molecular weight is 489 g/mol. The largest absolute Gasteiger partial charge is 0.455 e. The summed E-state index contributed by atoms with van der Waals surface area (Å²) in [6.07, 6.45) is 0.819. The highest BCUT2D eigenvalue weighted by Crippen LogP contribution is 2.27. The van der Waals surface area contributed by atoms with Gasteiger partial charge in [-0.05, 0) is 55.3 Å². The number of halogens is 1. The lowest BCUT2D eigenvalue weighted by atomic mass is 10.2. The topological polar surface area (TPSA) is 80.0 Å². The first-order chi connectivity index (χ1) is 15.3. The summed E-state index contributed by atoms with van der Waals surface area (Å²) in [5, 5.41) is 1.18. The van der Waals surface area contributed by atoms with Crippen molar-refractivity contribution in [3.05, 3.63) is 82.8 Å². The molecule has 4 rings (SSSR count). The fourth-order valence-corrected chi connectivity index (χ4v) is 5.60. The predicted octanol–water partition coefficient (Wildman–Crippen LogP) is 5.48. The molecule has 0 radical (unpaired) electrons. The highest BCUT2D eigenvalue weighted by atomic mass is 35.5. The van der Waals surface area contributed by atoms with Crippen molar-refractivity contribution in [3.8, 4) is 0 Å². The first kappa shape index (κ1) is 22.6. The number of sulfone groups is 1. The second-order valence-electron chi connectivity index (χ2n) is 7.32. The van der Waals surface area contributed by atoms with Crippen LogP contribution in [0.25, 0.3) is 0 Å². The van der Waals surface area contributed by atoms with Crippen LogP contribution in [0.4, 0.5) is 5.69 Å². The summed E-state index contributed by atoms with van der Waals surface area (Å²) < 4.78 is 30.8. The third-order valence-electron chi connectivity index (χ3n) is 4.92. The molecular formula is C23H21ClN2O4S2. The molecular weight excluding hydrogens is 468 g/mol. The Balaban J connectivity index is 1.55. The van der Waals surface area contributed by atoms with Crippen molar-refractivity contribution in [2.24, 2.45) is 4.99 Å². The van der Waals surface area contributed by atoms with Gasteiger partial charge in [-0.15, -0.1) is 0 Å². The third kappa shape index (κ3) is 5.09. The van der Waals surface area contributed by atoms with E-state index >= 15 is 0 Å². The van der Waals surface area contributed by atoms with E-state index in [0.717, 1.165) is 17.7 Å². The number of rotatable bonds is 5. The van der Waals surface area contributed by atoms with Crippen LogP contribution in [0.5, 0.6) is 0 Å². The second kappa shape index (κ2) is 9.52. The van der Waals surface area contributed by atoms with E-state index < -0.39 is 9.84 Å². The molecule has 2 heterocycles. The summed E-state index contributed by atoms with van der Waals surface area (Å²) in [7, 11) is -3.57. The molecule has 32 heavy (non-hydrogen) atoms. The van der Waals surface area contributed by atoms with Crippen LogP contribution in [-0.2, 0) is 15.6 Å². The van der Waals surface area contributed by atoms with Gasteiger partial charge >= 0.3 is 0 Å². The Bertz CT molecular complexity index is 1270. The molecule has 1 saturated heterocycles. The first-order valence-corrected chi connectivity index (χ1v) is 13.0. The van der Waals surface area contributed by atoms with Crippen LogP contribution in [-0.4, -0.2) is 36.7 Å². The van der Waals surface area contributed by atoms with Gasteiger partial charge in [-0.1, -0.05) is 47.6 Å². The second-order valence-corrected chi connectivity index (χ2v) is 10.8. The Kier molecular flexibility index (Phi) is 6.74. The molecule has 0 saturated carbocycles. The maximum atomic E-state index is 13.1. The number of thioether (sulfide) groups is 1. The number of hydrogen-bond donors (Lipinski definition) is 0. The molecule has 1 aromatic heterocycles. The van der Waals surface area contributed by atoms with Crippen molar-refractivity contribution in [3.63, 3.8) is 0 Å². The normalized spacial score (nSPS) is 15.8. The molecule has 9 heteroatoms. The van der Waals surface area contributed by atoms with E-state index in [1.807, 2.05) is 19.1 Å². The molecule has 2 aromatic carbocycles. The minimum Gasteiger partial charge on any atom is -0.455 e. The molecule has 0 unspecified atom stereocenters. The minimum absolute atomic E-state index is 0.0837. The molecule has 1 aliphatic heterocycles. The number of carbonyl (C=O) groups excluding carboxylic acids is 1. The Hall–Kier alpha value is -2.55. The van der Waals surface area contributed by atoms with Crippen molar-refractivity contribution in [2.75, 3.05) is 12.3 Å². The van der Waals surface area contributed by atoms with Gasteiger partial charge in [0.2, 0.25) is 0 Å². The summed E-state index contributed by atoms with van der Waals surface area (Å²) in [6.45, 7) is 2.42.